The van der Waals surface area contributed by atoms with Crippen molar-refractivity contribution < 1.29 is 4.39 Å². The number of aromatic nitrogens is 1. The van der Waals surface area contributed by atoms with Gasteiger partial charge in [-0.15, -0.1) is 0 Å². The molecule has 2 heterocycles. The molecule has 0 radical (unpaired) electrons. The fraction of sp³-hybridized carbons (Fsp3) is 0.478. The first-order valence-electron chi connectivity index (χ1n) is 10.7. The molecule has 6 heteroatoms. The SMILES string of the molecule is Fc1ccc(C2(CNC(=S)Nc3ccc(N4CCCCC4)nc3)CCCC2)cc1. The average molecular weight is 413 g/mol. The predicted molar refractivity (Wildman–Crippen MR) is 121 cm³/mol. The molecule has 4 nitrogen and oxygen atoms in total. The van der Waals surface area contributed by atoms with Crippen LogP contribution in [0.25, 0.3) is 0 Å². The van der Waals surface area contributed by atoms with Gasteiger partial charge in [-0.05, 0) is 74.2 Å². The fourth-order valence-corrected chi connectivity index (χ4v) is 4.81. The largest absolute Gasteiger partial charge is 0.362 e. The number of benzene rings is 1. The molecule has 29 heavy (non-hydrogen) atoms. The van der Waals surface area contributed by atoms with Crippen LogP contribution in [0.3, 0.4) is 0 Å². The lowest BCUT2D eigenvalue weighted by Crippen LogP contribution is -2.40. The van der Waals surface area contributed by atoms with E-state index in [1.807, 2.05) is 24.4 Å². The Balaban J connectivity index is 1.34. The first-order chi connectivity index (χ1) is 14.1. The maximum Gasteiger partial charge on any atom is 0.170 e. The van der Waals surface area contributed by atoms with Crippen molar-refractivity contribution in [2.75, 3.05) is 29.9 Å². The summed E-state index contributed by atoms with van der Waals surface area (Å²) in [7, 11) is 0. The van der Waals surface area contributed by atoms with Crippen molar-refractivity contribution in [2.45, 2.75) is 50.4 Å². The van der Waals surface area contributed by atoms with Gasteiger partial charge in [0.1, 0.15) is 11.6 Å². The second-order valence-corrected chi connectivity index (χ2v) is 8.66. The van der Waals surface area contributed by atoms with E-state index < -0.39 is 0 Å². The second kappa shape index (κ2) is 9.08. The number of hydrogen-bond acceptors (Lipinski definition) is 3. The lowest BCUT2D eigenvalue weighted by atomic mass is 9.79. The molecule has 4 rings (SSSR count). The Labute approximate surface area is 177 Å². The van der Waals surface area contributed by atoms with Gasteiger partial charge in [0.2, 0.25) is 0 Å². The highest BCUT2D eigenvalue weighted by Gasteiger charge is 2.35. The van der Waals surface area contributed by atoms with Gasteiger partial charge in [-0.25, -0.2) is 9.37 Å². The van der Waals surface area contributed by atoms with E-state index in [1.54, 1.807) is 12.1 Å². The minimum Gasteiger partial charge on any atom is -0.362 e. The normalized spacial score (nSPS) is 18.4. The van der Waals surface area contributed by atoms with E-state index in [9.17, 15) is 4.39 Å². The van der Waals surface area contributed by atoms with Crippen molar-refractivity contribution in [1.82, 2.24) is 10.3 Å². The monoisotopic (exact) mass is 412 g/mol. The summed E-state index contributed by atoms with van der Waals surface area (Å²) in [5.41, 5.74) is 2.11. The van der Waals surface area contributed by atoms with Crippen LogP contribution in [0, 0.1) is 5.82 Å². The van der Waals surface area contributed by atoms with E-state index in [4.69, 9.17) is 12.2 Å². The summed E-state index contributed by atoms with van der Waals surface area (Å²) in [5.74, 6) is 0.850. The summed E-state index contributed by atoms with van der Waals surface area (Å²) in [4.78, 5) is 6.95. The minimum atomic E-state index is -0.187. The molecule has 0 atom stereocenters. The van der Waals surface area contributed by atoms with E-state index in [0.717, 1.165) is 44.0 Å². The first kappa shape index (κ1) is 20.1. The Hall–Kier alpha value is -2.21. The minimum absolute atomic E-state index is 0.0236. The van der Waals surface area contributed by atoms with Gasteiger partial charge in [0.05, 0.1) is 11.9 Å². The summed E-state index contributed by atoms with van der Waals surface area (Å²) in [6.07, 6.45) is 10.2. The zero-order valence-electron chi connectivity index (χ0n) is 16.8. The van der Waals surface area contributed by atoms with Gasteiger partial charge in [0.25, 0.3) is 0 Å². The smallest absolute Gasteiger partial charge is 0.170 e. The van der Waals surface area contributed by atoms with Crippen LogP contribution < -0.4 is 15.5 Å². The van der Waals surface area contributed by atoms with Crippen LogP contribution in [0.15, 0.2) is 42.6 Å². The van der Waals surface area contributed by atoms with Gasteiger partial charge in [0, 0.05) is 25.0 Å². The van der Waals surface area contributed by atoms with Crippen LogP contribution in [0.2, 0.25) is 0 Å². The van der Waals surface area contributed by atoms with Gasteiger partial charge in [0.15, 0.2) is 5.11 Å². The molecule has 0 amide bonds. The number of anilines is 2. The number of pyridine rings is 1. The molecular weight excluding hydrogens is 383 g/mol. The standard InChI is InChI=1S/C23H29FN4S/c24-19-8-6-18(7-9-19)23(12-2-3-13-23)17-26-22(29)27-20-10-11-21(25-16-20)28-14-4-1-5-15-28/h6-11,16H,1-5,12-15,17H2,(H2,26,27,29). The van der Waals surface area contributed by atoms with Gasteiger partial charge in [-0.3, -0.25) is 0 Å². The van der Waals surface area contributed by atoms with E-state index in [2.05, 4.69) is 26.6 Å². The Kier molecular flexibility index (Phi) is 6.28. The van der Waals surface area contributed by atoms with E-state index in [-0.39, 0.29) is 11.2 Å². The quantitative estimate of drug-likeness (QED) is 0.676. The van der Waals surface area contributed by atoms with Crippen molar-refractivity contribution in [3.05, 3.63) is 54.0 Å². The summed E-state index contributed by atoms with van der Waals surface area (Å²) < 4.78 is 13.3. The summed E-state index contributed by atoms with van der Waals surface area (Å²) in [6.45, 7) is 2.93. The predicted octanol–water partition coefficient (Wildman–Crippen LogP) is 5.01. The molecular formula is C23H29FN4S. The molecule has 1 aromatic heterocycles. The molecule has 2 aliphatic rings. The van der Waals surface area contributed by atoms with E-state index in [0.29, 0.717) is 5.11 Å². The van der Waals surface area contributed by atoms with Crippen molar-refractivity contribution in [1.29, 1.82) is 0 Å². The summed E-state index contributed by atoms with van der Waals surface area (Å²) in [6, 6.07) is 11.1. The average Bonchev–Trinajstić information content (AvgIpc) is 3.24. The highest BCUT2D eigenvalue weighted by atomic mass is 32.1. The number of nitrogens with one attached hydrogen (secondary N) is 2. The number of piperidine rings is 1. The number of nitrogens with zero attached hydrogens (tertiary/aromatic N) is 2. The first-order valence-corrected chi connectivity index (χ1v) is 11.1. The number of rotatable bonds is 5. The summed E-state index contributed by atoms with van der Waals surface area (Å²) >= 11 is 5.53. The van der Waals surface area contributed by atoms with Crippen LogP contribution in [-0.4, -0.2) is 29.7 Å². The van der Waals surface area contributed by atoms with Gasteiger partial charge < -0.3 is 15.5 Å². The molecule has 0 spiro atoms. The molecule has 2 fully saturated rings. The molecule has 1 aliphatic heterocycles. The lowest BCUT2D eigenvalue weighted by molar-refractivity contribution is 0.434. The molecule has 1 aliphatic carbocycles. The zero-order chi connectivity index (χ0) is 20.1. The van der Waals surface area contributed by atoms with Gasteiger partial charge in [-0.2, -0.15) is 0 Å². The second-order valence-electron chi connectivity index (χ2n) is 8.25. The molecule has 1 saturated carbocycles. The number of thiocarbonyl (C=S) groups is 1. The highest BCUT2D eigenvalue weighted by Crippen LogP contribution is 2.40. The Morgan fingerprint density at radius 2 is 1.72 bits per heavy atom. The highest BCUT2D eigenvalue weighted by molar-refractivity contribution is 7.80. The van der Waals surface area contributed by atoms with Crippen molar-refractivity contribution in [3.63, 3.8) is 0 Å². The third kappa shape index (κ3) is 4.86. The van der Waals surface area contributed by atoms with E-state index in [1.165, 1.54) is 37.7 Å². The van der Waals surface area contributed by atoms with Crippen LogP contribution in [-0.2, 0) is 5.41 Å². The molecule has 0 bridgehead atoms. The van der Waals surface area contributed by atoms with Crippen molar-refractivity contribution >= 4 is 28.8 Å². The van der Waals surface area contributed by atoms with Crippen LogP contribution in [0.5, 0.6) is 0 Å². The molecule has 1 saturated heterocycles. The molecule has 2 N–H and O–H groups in total. The third-order valence-corrected chi connectivity index (χ3v) is 6.54. The summed E-state index contributed by atoms with van der Waals surface area (Å²) in [5, 5.41) is 7.25. The topological polar surface area (TPSA) is 40.2 Å². The third-order valence-electron chi connectivity index (χ3n) is 6.29. The van der Waals surface area contributed by atoms with Crippen LogP contribution in [0.4, 0.5) is 15.9 Å². The van der Waals surface area contributed by atoms with Crippen molar-refractivity contribution in [3.8, 4) is 0 Å². The van der Waals surface area contributed by atoms with Gasteiger partial charge >= 0.3 is 0 Å². The Bertz CT molecular complexity index is 810. The molecule has 154 valence electrons. The molecule has 0 unspecified atom stereocenters. The lowest BCUT2D eigenvalue weighted by Gasteiger charge is -2.30. The Morgan fingerprint density at radius 1 is 1.00 bits per heavy atom. The van der Waals surface area contributed by atoms with Crippen LogP contribution in [0.1, 0.15) is 50.5 Å². The number of halogens is 1. The Morgan fingerprint density at radius 3 is 2.38 bits per heavy atom. The maximum absolute atomic E-state index is 13.3. The van der Waals surface area contributed by atoms with Crippen LogP contribution >= 0.6 is 12.2 Å². The molecule has 1 aromatic carbocycles. The molecule has 2 aromatic rings. The zero-order valence-corrected chi connectivity index (χ0v) is 17.6. The van der Waals surface area contributed by atoms with E-state index >= 15 is 0 Å². The maximum atomic E-state index is 13.3. The fourth-order valence-electron chi connectivity index (χ4n) is 4.62. The van der Waals surface area contributed by atoms with Gasteiger partial charge in [-0.1, -0.05) is 25.0 Å². The number of hydrogen-bond donors (Lipinski definition) is 2. The van der Waals surface area contributed by atoms with Crippen molar-refractivity contribution in [2.24, 2.45) is 0 Å².